The number of nitro groups is 1. The molecule has 0 radical (unpaired) electrons. The number of hydrogen-bond donors (Lipinski definition) is 2. The maximum absolute atomic E-state index is 11.9. The number of nitrogens with zero attached hydrogens (tertiary/aromatic N) is 2. The van der Waals surface area contributed by atoms with Gasteiger partial charge in [-0.05, 0) is 23.1 Å². The summed E-state index contributed by atoms with van der Waals surface area (Å²) in [6.45, 7) is 0.0623. The highest BCUT2D eigenvalue weighted by Crippen LogP contribution is 2.17. The third-order valence-electron chi connectivity index (χ3n) is 2.62. The summed E-state index contributed by atoms with van der Waals surface area (Å²) in [6.07, 6.45) is 1.43. The lowest BCUT2D eigenvalue weighted by atomic mass is 10.2. The Kier molecular flexibility index (Phi) is 3.91. The average Bonchev–Trinajstić information content (AvgIpc) is 2.88. The van der Waals surface area contributed by atoms with Crippen molar-refractivity contribution in [3.8, 4) is 0 Å². The number of aromatic nitrogens is 1. The lowest BCUT2D eigenvalue weighted by Gasteiger charge is -2.06. The number of nitrogens with one attached hydrogen (secondary N) is 1. The Morgan fingerprint density at radius 1 is 1.50 bits per heavy atom. The maximum atomic E-state index is 11.9. The van der Waals surface area contributed by atoms with E-state index >= 15 is 0 Å². The Morgan fingerprint density at radius 2 is 2.25 bits per heavy atom. The second-order valence-electron chi connectivity index (χ2n) is 3.83. The molecule has 0 saturated heterocycles. The minimum absolute atomic E-state index is 0.0623. The first-order valence-corrected chi connectivity index (χ1v) is 6.33. The first-order chi connectivity index (χ1) is 9.54. The van der Waals surface area contributed by atoms with E-state index in [0.29, 0.717) is 10.4 Å². The lowest BCUT2D eigenvalue weighted by Crippen LogP contribution is -2.30. The van der Waals surface area contributed by atoms with Gasteiger partial charge in [-0.1, -0.05) is 0 Å². The first-order valence-electron chi connectivity index (χ1n) is 5.45. The SMILES string of the molecule is NNC(=O)c1sccc1Cn1cccc([N+](=O)[O-])c1=O. The molecule has 0 bridgehead atoms. The summed E-state index contributed by atoms with van der Waals surface area (Å²) in [7, 11) is 0. The monoisotopic (exact) mass is 294 g/mol. The van der Waals surface area contributed by atoms with Crippen LogP contribution in [0.2, 0.25) is 0 Å². The van der Waals surface area contributed by atoms with Crippen molar-refractivity contribution in [1.29, 1.82) is 0 Å². The van der Waals surface area contributed by atoms with Crippen LogP contribution in [-0.4, -0.2) is 15.4 Å². The van der Waals surface area contributed by atoms with Crippen LogP contribution in [0, 0.1) is 10.1 Å². The van der Waals surface area contributed by atoms with E-state index in [1.54, 1.807) is 11.4 Å². The molecule has 0 saturated carbocycles. The molecule has 2 aromatic heterocycles. The van der Waals surface area contributed by atoms with E-state index in [-0.39, 0.29) is 6.54 Å². The van der Waals surface area contributed by atoms with Gasteiger partial charge in [0.15, 0.2) is 0 Å². The van der Waals surface area contributed by atoms with Crippen LogP contribution in [0.5, 0.6) is 0 Å². The number of amides is 1. The number of pyridine rings is 1. The zero-order valence-corrected chi connectivity index (χ0v) is 10.9. The van der Waals surface area contributed by atoms with Gasteiger partial charge in [0.05, 0.1) is 16.3 Å². The minimum Gasteiger partial charge on any atom is -0.305 e. The Labute approximate surface area is 116 Å². The van der Waals surface area contributed by atoms with Gasteiger partial charge in [-0.15, -0.1) is 11.3 Å². The van der Waals surface area contributed by atoms with Crippen LogP contribution >= 0.6 is 11.3 Å². The van der Waals surface area contributed by atoms with Gasteiger partial charge in [-0.2, -0.15) is 0 Å². The molecular formula is C11H10N4O4S. The zero-order valence-electron chi connectivity index (χ0n) is 10.1. The Bertz CT molecular complexity index is 721. The fraction of sp³-hybridized carbons (Fsp3) is 0.0909. The second-order valence-corrected chi connectivity index (χ2v) is 4.75. The molecule has 0 unspecified atom stereocenters. The molecule has 3 N–H and O–H groups in total. The van der Waals surface area contributed by atoms with E-state index in [1.807, 2.05) is 5.43 Å². The predicted molar refractivity (Wildman–Crippen MR) is 72.4 cm³/mol. The molecule has 2 aromatic rings. The first kappa shape index (κ1) is 13.9. The molecule has 8 nitrogen and oxygen atoms in total. The van der Waals surface area contributed by atoms with E-state index in [1.165, 1.54) is 28.2 Å². The van der Waals surface area contributed by atoms with Gasteiger partial charge in [0.25, 0.3) is 5.91 Å². The van der Waals surface area contributed by atoms with Crippen LogP contribution in [0.3, 0.4) is 0 Å². The molecule has 0 aliphatic rings. The zero-order chi connectivity index (χ0) is 14.7. The standard InChI is InChI=1S/C11H10N4O4S/c12-13-10(16)9-7(3-5-20-9)6-14-4-1-2-8(11(14)17)15(18)19/h1-5H,6,12H2,(H,13,16). The highest BCUT2D eigenvalue weighted by Gasteiger charge is 2.16. The van der Waals surface area contributed by atoms with E-state index in [9.17, 15) is 19.7 Å². The number of carbonyl (C=O) groups excluding carboxylic acids is 1. The van der Waals surface area contributed by atoms with Crippen LogP contribution < -0.4 is 16.8 Å². The molecule has 20 heavy (non-hydrogen) atoms. The van der Waals surface area contributed by atoms with Crippen LogP contribution in [0.15, 0.2) is 34.6 Å². The number of thiophene rings is 1. The van der Waals surface area contributed by atoms with Crippen molar-refractivity contribution < 1.29 is 9.72 Å². The van der Waals surface area contributed by atoms with Crippen LogP contribution in [0.1, 0.15) is 15.2 Å². The molecule has 0 atom stereocenters. The third kappa shape index (κ3) is 2.58. The molecule has 9 heteroatoms. The highest BCUT2D eigenvalue weighted by atomic mass is 32.1. The second kappa shape index (κ2) is 5.63. The fourth-order valence-electron chi connectivity index (χ4n) is 1.70. The van der Waals surface area contributed by atoms with Gasteiger partial charge < -0.3 is 4.57 Å². The minimum atomic E-state index is -0.736. The third-order valence-corrected chi connectivity index (χ3v) is 3.58. The van der Waals surface area contributed by atoms with E-state index in [4.69, 9.17) is 5.84 Å². The molecule has 0 spiro atoms. The fourth-order valence-corrected chi connectivity index (χ4v) is 2.51. The summed E-state index contributed by atoms with van der Waals surface area (Å²) in [5.41, 5.74) is 1.36. The number of rotatable bonds is 4. The molecule has 104 valence electrons. The molecular weight excluding hydrogens is 284 g/mol. The quantitative estimate of drug-likeness (QED) is 0.367. The van der Waals surface area contributed by atoms with Gasteiger partial charge in [0.2, 0.25) is 0 Å². The van der Waals surface area contributed by atoms with Crippen LogP contribution in [0.25, 0.3) is 0 Å². The summed E-state index contributed by atoms with van der Waals surface area (Å²) in [6, 6.07) is 4.22. The average molecular weight is 294 g/mol. The number of nitrogens with two attached hydrogens (primary N) is 1. The number of hydrazine groups is 1. The van der Waals surface area contributed by atoms with Crippen molar-refractivity contribution in [2.45, 2.75) is 6.54 Å². The summed E-state index contributed by atoms with van der Waals surface area (Å²) < 4.78 is 1.17. The van der Waals surface area contributed by atoms with Gasteiger partial charge in [-0.3, -0.25) is 25.1 Å². The van der Waals surface area contributed by atoms with Gasteiger partial charge in [0.1, 0.15) is 0 Å². The van der Waals surface area contributed by atoms with Crippen LogP contribution in [0.4, 0.5) is 5.69 Å². The van der Waals surface area contributed by atoms with E-state index < -0.39 is 22.1 Å². The Hall–Kier alpha value is -2.52. The van der Waals surface area contributed by atoms with Crippen molar-refractivity contribution in [3.63, 3.8) is 0 Å². The number of carbonyl (C=O) groups is 1. The molecule has 2 rings (SSSR count). The topological polar surface area (TPSA) is 120 Å². The number of hydrogen-bond acceptors (Lipinski definition) is 6. The smallest absolute Gasteiger partial charge is 0.305 e. The molecule has 0 aromatic carbocycles. The van der Waals surface area contributed by atoms with E-state index in [2.05, 4.69) is 0 Å². The van der Waals surface area contributed by atoms with Crippen molar-refractivity contribution >= 4 is 22.9 Å². The van der Waals surface area contributed by atoms with E-state index in [0.717, 1.165) is 6.07 Å². The number of nitrogen functional groups attached to an aromatic ring is 1. The predicted octanol–water partition coefficient (Wildman–Crippen LogP) is 0.470. The summed E-state index contributed by atoms with van der Waals surface area (Å²) >= 11 is 1.18. The van der Waals surface area contributed by atoms with Crippen LogP contribution in [-0.2, 0) is 6.54 Å². The van der Waals surface area contributed by atoms with Gasteiger partial charge >= 0.3 is 11.2 Å². The molecule has 2 heterocycles. The largest absolute Gasteiger partial charge is 0.334 e. The molecule has 0 fully saturated rings. The Morgan fingerprint density at radius 3 is 2.90 bits per heavy atom. The van der Waals surface area contributed by atoms with Crippen molar-refractivity contribution in [1.82, 2.24) is 9.99 Å². The van der Waals surface area contributed by atoms with Gasteiger partial charge in [0, 0.05) is 12.3 Å². The molecule has 1 amide bonds. The molecule has 0 aliphatic carbocycles. The Balaban J connectivity index is 2.39. The van der Waals surface area contributed by atoms with Crippen molar-refractivity contribution in [3.05, 3.63) is 60.7 Å². The maximum Gasteiger partial charge on any atom is 0.334 e. The lowest BCUT2D eigenvalue weighted by molar-refractivity contribution is -0.386. The molecule has 0 aliphatic heterocycles. The summed E-state index contributed by atoms with van der Waals surface area (Å²) in [5, 5.41) is 12.4. The summed E-state index contributed by atoms with van der Waals surface area (Å²) in [4.78, 5) is 33.8. The normalized spacial score (nSPS) is 10.2. The van der Waals surface area contributed by atoms with Crippen molar-refractivity contribution in [2.24, 2.45) is 5.84 Å². The van der Waals surface area contributed by atoms with Gasteiger partial charge in [-0.25, -0.2) is 5.84 Å². The highest BCUT2D eigenvalue weighted by molar-refractivity contribution is 7.12. The summed E-state index contributed by atoms with van der Waals surface area (Å²) in [5.74, 6) is 4.60. The van der Waals surface area contributed by atoms with Crippen molar-refractivity contribution in [2.75, 3.05) is 0 Å².